The van der Waals surface area contributed by atoms with Crippen molar-refractivity contribution in [1.82, 2.24) is 10.2 Å². The SMILES string of the molecule is COC1CCN(Cc2ccc(C(=O)NCc3ccc(N(C)C4CCCCC4)cc3)cc2)CC1. The van der Waals surface area contributed by atoms with Crippen LogP contribution in [-0.2, 0) is 17.8 Å². The number of hydrogen-bond donors (Lipinski definition) is 1. The minimum Gasteiger partial charge on any atom is -0.381 e. The Labute approximate surface area is 199 Å². The molecular weight excluding hydrogens is 410 g/mol. The van der Waals surface area contributed by atoms with E-state index in [-0.39, 0.29) is 5.91 Å². The van der Waals surface area contributed by atoms with Gasteiger partial charge in [0.1, 0.15) is 0 Å². The van der Waals surface area contributed by atoms with Gasteiger partial charge in [-0.05, 0) is 61.1 Å². The Balaban J connectivity index is 1.24. The second kappa shape index (κ2) is 11.7. The van der Waals surface area contributed by atoms with Crippen LogP contribution < -0.4 is 10.2 Å². The Hall–Kier alpha value is -2.37. The number of nitrogens with zero attached hydrogens (tertiary/aromatic N) is 2. The first kappa shape index (κ1) is 23.8. The molecule has 5 heteroatoms. The molecule has 1 heterocycles. The molecule has 4 rings (SSSR count). The maximum atomic E-state index is 12.6. The van der Waals surface area contributed by atoms with Crippen molar-refractivity contribution in [2.75, 3.05) is 32.1 Å². The van der Waals surface area contributed by atoms with Crippen molar-refractivity contribution in [2.45, 2.75) is 70.2 Å². The third-order valence-corrected chi connectivity index (χ3v) is 7.41. The van der Waals surface area contributed by atoms with Crippen LogP contribution in [0, 0.1) is 0 Å². The predicted octanol–water partition coefficient (Wildman–Crippen LogP) is 5.00. The monoisotopic (exact) mass is 449 g/mol. The normalized spacial score (nSPS) is 18.2. The molecule has 0 spiro atoms. The average Bonchev–Trinajstić information content (AvgIpc) is 2.88. The molecule has 0 radical (unpaired) electrons. The lowest BCUT2D eigenvalue weighted by Gasteiger charge is -2.33. The Morgan fingerprint density at radius 3 is 2.21 bits per heavy atom. The molecule has 33 heavy (non-hydrogen) atoms. The zero-order valence-corrected chi connectivity index (χ0v) is 20.3. The van der Waals surface area contributed by atoms with Crippen molar-refractivity contribution in [3.63, 3.8) is 0 Å². The van der Waals surface area contributed by atoms with E-state index in [2.05, 4.69) is 58.6 Å². The van der Waals surface area contributed by atoms with Gasteiger partial charge in [-0.3, -0.25) is 9.69 Å². The topological polar surface area (TPSA) is 44.8 Å². The zero-order valence-electron chi connectivity index (χ0n) is 20.3. The highest BCUT2D eigenvalue weighted by Crippen LogP contribution is 2.26. The Morgan fingerprint density at radius 1 is 0.939 bits per heavy atom. The summed E-state index contributed by atoms with van der Waals surface area (Å²) in [7, 11) is 4.01. The van der Waals surface area contributed by atoms with Crippen LogP contribution in [0.5, 0.6) is 0 Å². The van der Waals surface area contributed by atoms with Gasteiger partial charge in [0.05, 0.1) is 6.10 Å². The van der Waals surface area contributed by atoms with Crippen molar-refractivity contribution in [1.29, 1.82) is 0 Å². The number of ether oxygens (including phenoxy) is 1. The summed E-state index contributed by atoms with van der Waals surface area (Å²) in [5.41, 5.74) is 4.35. The van der Waals surface area contributed by atoms with E-state index in [0.717, 1.165) is 38.0 Å². The quantitative estimate of drug-likeness (QED) is 0.616. The third kappa shape index (κ3) is 6.58. The fourth-order valence-corrected chi connectivity index (χ4v) is 5.14. The van der Waals surface area contributed by atoms with E-state index in [1.807, 2.05) is 12.1 Å². The van der Waals surface area contributed by atoms with Crippen LogP contribution in [-0.4, -0.2) is 50.2 Å². The van der Waals surface area contributed by atoms with Crippen LogP contribution >= 0.6 is 0 Å². The molecule has 5 nitrogen and oxygen atoms in total. The van der Waals surface area contributed by atoms with Crippen molar-refractivity contribution in [2.24, 2.45) is 0 Å². The molecule has 1 aliphatic heterocycles. The van der Waals surface area contributed by atoms with E-state index in [0.29, 0.717) is 24.3 Å². The number of hydrogen-bond acceptors (Lipinski definition) is 4. The largest absolute Gasteiger partial charge is 0.381 e. The summed E-state index contributed by atoms with van der Waals surface area (Å²) < 4.78 is 5.45. The van der Waals surface area contributed by atoms with E-state index < -0.39 is 0 Å². The highest BCUT2D eigenvalue weighted by molar-refractivity contribution is 5.94. The first-order chi connectivity index (χ1) is 16.1. The highest BCUT2D eigenvalue weighted by Gasteiger charge is 2.19. The van der Waals surface area contributed by atoms with Gasteiger partial charge in [0.2, 0.25) is 0 Å². The zero-order chi connectivity index (χ0) is 23.0. The van der Waals surface area contributed by atoms with Gasteiger partial charge in [-0.1, -0.05) is 43.5 Å². The molecule has 1 saturated carbocycles. The molecular formula is C28H39N3O2. The molecule has 0 atom stereocenters. The van der Waals surface area contributed by atoms with Crippen LogP contribution in [0.2, 0.25) is 0 Å². The molecule has 0 unspecified atom stereocenters. The number of carbonyl (C=O) groups excluding carboxylic acids is 1. The fraction of sp³-hybridized carbons (Fsp3) is 0.536. The molecule has 0 aromatic heterocycles. The van der Waals surface area contributed by atoms with E-state index in [4.69, 9.17) is 4.74 Å². The Bertz CT molecular complexity index is 867. The van der Waals surface area contributed by atoms with Crippen LogP contribution in [0.4, 0.5) is 5.69 Å². The maximum absolute atomic E-state index is 12.6. The Morgan fingerprint density at radius 2 is 1.58 bits per heavy atom. The lowest BCUT2D eigenvalue weighted by Crippen LogP contribution is -2.36. The first-order valence-corrected chi connectivity index (χ1v) is 12.6. The van der Waals surface area contributed by atoms with Crippen molar-refractivity contribution in [3.05, 3.63) is 65.2 Å². The number of benzene rings is 2. The number of methoxy groups -OCH3 is 1. The van der Waals surface area contributed by atoms with Crippen LogP contribution in [0.15, 0.2) is 48.5 Å². The van der Waals surface area contributed by atoms with E-state index >= 15 is 0 Å². The number of nitrogens with one attached hydrogen (secondary N) is 1. The summed E-state index contributed by atoms with van der Waals surface area (Å²) in [5.74, 6) is -0.0224. The molecule has 1 saturated heterocycles. The summed E-state index contributed by atoms with van der Waals surface area (Å²) in [4.78, 5) is 17.5. The molecule has 2 aromatic carbocycles. The van der Waals surface area contributed by atoms with E-state index in [1.54, 1.807) is 7.11 Å². The van der Waals surface area contributed by atoms with Gasteiger partial charge in [0.25, 0.3) is 5.91 Å². The van der Waals surface area contributed by atoms with Gasteiger partial charge in [-0.2, -0.15) is 0 Å². The lowest BCUT2D eigenvalue weighted by atomic mass is 9.94. The van der Waals surface area contributed by atoms with Crippen molar-refractivity contribution in [3.8, 4) is 0 Å². The standard InChI is InChI=1S/C28H39N3O2/c1-30(25-6-4-3-5-7-25)26-14-10-22(11-15-26)20-29-28(32)24-12-8-23(9-13-24)21-31-18-16-27(33-2)17-19-31/h8-15,25,27H,3-7,16-21H2,1-2H3,(H,29,32). The molecule has 2 aliphatic rings. The smallest absolute Gasteiger partial charge is 0.251 e. The van der Waals surface area contributed by atoms with Crippen molar-refractivity contribution >= 4 is 11.6 Å². The second-order valence-corrected chi connectivity index (χ2v) is 9.66. The van der Waals surface area contributed by atoms with Gasteiger partial charge in [0.15, 0.2) is 0 Å². The van der Waals surface area contributed by atoms with E-state index in [1.165, 1.54) is 43.4 Å². The van der Waals surface area contributed by atoms with Crippen molar-refractivity contribution < 1.29 is 9.53 Å². The number of carbonyl (C=O) groups is 1. The van der Waals surface area contributed by atoms with Crippen LogP contribution in [0.25, 0.3) is 0 Å². The predicted molar refractivity (Wildman–Crippen MR) is 135 cm³/mol. The maximum Gasteiger partial charge on any atom is 0.251 e. The Kier molecular flexibility index (Phi) is 8.40. The van der Waals surface area contributed by atoms with Gasteiger partial charge in [-0.15, -0.1) is 0 Å². The molecule has 1 N–H and O–H groups in total. The molecule has 1 amide bonds. The molecule has 0 bridgehead atoms. The van der Waals surface area contributed by atoms with Crippen LogP contribution in [0.3, 0.4) is 0 Å². The van der Waals surface area contributed by atoms with Gasteiger partial charge in [-0.25, -0.2) is 0 Å². The minimum atomic E-state index is -0.0224. The summed E-state index contributed by atoms with van der Waals surface area (Å²) >= 11 is 0. The number of piperidine rings is 1. The van der Waals surface area contributed by atoms with E-state index in [9.17, 15) is 4.79 Å². The van der Waals surface area contributed by atoms with Gasteiger partial charge in [0, 0.05) is 57.6 Å². The number of likely N-dealkylation sites (tertiary alicyclic amines) is 1. The van der Waals surface area contributed by atoms with Crippen LogP contribution in [0.1, 0.15) is 66.4 Å². The number of anilines is 1. The van der Waals surface area contributed by atoms with Gasteiger partial charge < -0.3 is 15.0 Å². The first-order valence-electron chi connectivity index (χ1n) is 12.6. The number of amides is 1. The average molecular weight is 450 g/mol. The number of rotatable bonds is 8. The molecule has 2 aromatic rings. The highest BCUT2D eigenvalue weighted by atomic mass is 16.5. The summed E-state index contributed by atoms with van der Waals surface area (Å²) in [6.45, 7) is 3.61. The molecule has 2 fully saturated rings. The minimum absolute atomic E-state index is 0.0224. The summed E-state index contributed by atoms with van der Waals surface area (Å²) in [6, 6.07) is 17.3. The summed E-state index contributed by atoms with van der Waals surface area (Å²) in [6.07, 6.45) is 9.23. The van der Waals surface area contributed by atoms with Gasteiger partial charge >= 0.3 is 0 Å². The molecule has 178 valence electrons. The third-order valence-electron chi connectivity index (χ3n) is 7.41. The molecule has 1 aliphatic carbocycles. The lowest BCUT2D eigenvalue weighted by molar-refractivity contribution is 0.0388. The summed E-state index contributed by atoms with van der Waals surface area (Å²) in [5, 5.41) is 3.06. The second-order valence-electron chi connectivity index (χ2n) is 9.66. The fourth-order valence-electron chi connectivity index (χ4n) is 5.14.